The fourth-order valence-electron chi connectivity index (χ4n) is 2.20. The quantitative estimate of drug-likeness (QED) is 0.633. The molecule has 0 atom stereocenters. The van der Waals surface area contributed by atoms with Crippen molar-refractivity contribution in [1.82, 2.24) is 4.90 Å². The maximum Gasteiger partial charge on any atom is 0.303 e. The van der Waals surface area contributed by atoms with E-state index in [4.69, 9.17) is 14.9 Å². The maximum absolute atomic E-state index is 11.9. The minimum absolute atomic E-state index is 0.0305. The molecule has 0 spiro atoms. The van der Waals surface area contributed by atoms with Crippen LogP contribution in [0, 0.1) is 0 Å². The topological polar surface area (TPSA) is 87.1 Å². The number of likely N-dealkylation sites (tertiary alicyclic amines) is 1. The van der Waals surface area contributed by atoms with Gasteiger partial charge in [0.2, 0.25) is 5.91 Å². The van der Waals surface area contributed by atoms with Gasteiger partial charge < -0.3 is 19.8 Å². The number of piperidine rings is 1. The molecule has 1 aliphatic rings. The van der Waals surface area contributed by atoms with E-state index in [1.807, 2.05) is 4.90 Å². The predicted octanol–water partition coefficient (Wildman–Crippen LogP) is 0.631. The molecule has 1 rings (SSSR count). The van der Waals surface area contributed by atoms with Crippen LogP contribution in [0.2, 0.25) is 0 Å². The number of nitrogens with zero attached hydrogens (tertiary/aromatic N) is 1. The number of carboxylic acids is 1. The van der Waals surface area contributed by atoms with Gasteiger partial charge in [-0.15, -0.1) is 0 Å². The first-order chi connectivity index (χ1) is 9.13. The number of hydrogen-bond donors (Lipinski definition) is 2. The molecule has 0 aliphatic carbocycles. The van der Waals surface area contributed by atoms with Crippen molar-refractivity contribution in [1.29, 1.82) is 0 Å². The SMILES string of the molecule is O=C(O)CCCCC(=O)N1CCC(OCCO)CC1. The Bertz CT molecular complexity index is 287. The molecule has 0 saturated carbocycles. The second-order valence-corrected chi connectivity index (χ2v) is 4.78. The Hall–Kier alpha value is -1.14. The average molecular weight is 273 g/mol. The number of unbranched alkanes of at least 4 members (excludes halogenated alkanes) is 1. The van der Waals surface area contributed by atoms with Crippen molar-refractivity contribution in [2.75, 3.05) is 26.3 Å². The van der Waals surface area contributed by atoms with Gasteiger partial charge in [0.25, 0.3) is 0 Å². The molecule has 1 heterocycles. The number of hydrogen-bond acceptors (Lipinski definition) is 4. The van der Waals surface area contributed by atoms with Crippen LogP contribution < -0.4 is 0 Å². The molecule has 0 bridgehead atoms. The molecular formula is C13H23NO5. The Morgan fingerprint density at radius 1 is 1.16 bits per heavy atom. The largest absolute Gasteiger partial charge is 0.481 e. The van der Waals surface area contributed by atoms with Crippen molar-refractivity contribution >= 4 is 11.9 Å². The van der Waals surface area contributed by atoms with Gasteiger partial charge in [-0.2, -0.15) is 0 Å². The van der Waals surface area contributed by atoms with Gasteiger partial charge in [-0.3, -0.25) is 9.59 Å². The van der Waals surface area contributed by atoms with Gasteiger partial charge in [-0.05, 0) is 25.7 Å². The van der Waals surface area contributed by atoms with Crippen LogP contribution in [0.3, 0.4) is 0 Å². The zero-order valence-electron chi connectivity index (χ0n) is 11.2. The molecule has 0 unspecified atom stereocenters. The second kappa shape index (κ2) is 8.87. The summed E-state index contributed by atoms with van der Waals surface area (Å²) in [6.07, 6.45) is 3.49. The summed E-state index contributed by atoms with van der Waals surface area (Å²) < 4.78 is 5.43. The summed E-state index contributed by atoms with van der Waals surface area (Å²) in [5.74, 6) is -0.708. The third-order valence-corrected chi connectivity index (χ3v) is 3.27. The molecule has 2 N–H and O–H groups in total. The summed E-state index contributed by atoms with van der Waals surface area (Å²) >= 11 is 0. The van der Waals surface area contributed by atoms with Gasteiger partial charge in [0.1, 0.15) is 0 Å². The lowest BCUT2D eigenvalue weighted by Crippen LogP contribution is -2.41. The van der Waals surface area contributed by atoms with E-state index in [2.05, 4.69) is 0 Å². The molecular weight excluding hydrogens is 250 g/mol. The molecule has 0 radical (unpaired) electrons. The van der Waals surface area contributed by atoms with Crippen molar-refractivity contribution < 1.29 is 24.5 Å². The highest BCUT2D eigenvalue weighted by Gasteiger charge is 2.22. The molecule has 0 aromatic heterocycles. The first kappa shape index (κ1) is 15.9. The number of amides is 1. The van der Waals surface area contributed by atoms with Gasteiger partial charge in [0, 0.05) is 25.9 Å². The Balaban J connectivity index is 2.12. The molecule has 1 fully saturated rings. The Labute approximate surface area is 113 Å². The summed E-state index contributed by atoms with van der Waals surface area (Å²) in [6.45, 7) is 1.76. The van der Waals surface area contributed by atoms with Crippen molar-refractivity contribution in [3.63, 3.8) is 0 Å². The monoisotopic (exact) mass is 273 g/mol. The van der Waals surface area contributed by atoms with Crippen LogP contribution in [-0.4, -0.2) is 59.4 Å². The Morgan fingerprint density at radius 3 is 2.37 bits per heavy atom. The highest BCUT2D eigenvalue weighted by molar-refractivity contribution is 5.76. The molecule has 6 heteroatoms. The number of rotatable bonds is 8. The smallest absolute Gasteiger partial charge is 0.303 e. The third kappa shape index (κ3) is 6.54. The van der Waals surface area contributed by atoms with Gasteiger partial charge in [0.15, 0.2) is 0 Å². The van der Waals surface area contributed by atoms with E-state index in [0.29, 0.717) is 39.0 Å². The van der Waals surface area contributed by atoms with Gasteiger partial charge in [-0.25, -0.2) is 0 Å². The zero-order chi connectivity index (χ0) is 14.1. The third-order valence-electron chi connectivity index (χ3n) is 3.27. The summed E-state index contributed by atoms with van der Waals surface area (Å²) in [5, 5.41) is 17.2. The molecule has 1 aliphatic heterocycles. The molecule has 1 amide bonds. The van der Waals surface area contributed by atoms with Gasteiger partial charge in [0.05, 0.1) is 19.3 Å². The van der Waals surface area contributed by atoms with Crippen LogP contribution in [-0.2, 0) is 14.3 Å². The molecule has 6 nitrogen and oxygen atoms in total. The number of carboxylic acid groups (broad SMARTS) is 1. The van der Waals surface area contributed by atoms with E-state index in [9.17, 15) is 9.59 Å². The van der Waals surface area contributed by atoms with Crippen LogP contribution in [0.5, 0.6) is 0 Å². The van der Waals surface area contributed by atoms with Crippen molar-refractivity contribution in [2.24, 2.45) is 0 Å². The first-order valence-electron chi connectivity index (χ1n) is 6.85. The molecule has 1 saturated heterocycles. The number of aliphatic carboxylic acids is 1. The molecule has 0 aromatic rings. The van der Waals surface area contributed by atoms with E-state index in [0.717, 1.165) is 12.8 Å². The average Bonchev–Trinajstić information content (AvgIpc) is 2.41. The van der Waals surface area contributed by atoms with Gasteiger partial charge >= 0.3 is 5.97 Å². The van der Waals surface area contributed by atoms with Crippen molar-refractivity contribution in [3.05, 3.63) is 0 Å². The summed E-state index contributed by atoms with van der Waals surface area (Å²) in [4.78, 5) is 24.0. The minimum atomic E-state index is -0.811. The summed E-state index contributed by atoms with van der Waals surface area (Å²) in [7, 11) is 0. The number of aliphatic hydroxyl groups is 1. The highest BCUT2D eigenvalue weighted by Crippen LogP contribution is 2.15. The van der Waals surface area contributed by atoms with Crippen molar-refractivity contribution in [3.8, 4) is 0 Å². The van der Waals surface area contributed by atoms with Crippen LogP contribution in [0.25, 0.3) is 0 Å². The fraction of sp³-hybridized carbons (Fsp3) is 0.846. The van der Waals surface area contributed by atoms with Crippen LogP contribution in [0.1, 0.15) is 38.5 Å². The lowest BCUT2D eigenvalue weighted by atomic mass is 10.1. The molecule has 0 aromatic carbocycles. The summed E-state index contributed by atoms with van der Waals surface area (Å²) in [5.41, 5.74) is 0. The number of carbonyl (C=O) groups excluding carboxylic acids is 1. The summed E-state index contributed by atoms with van der Waals surface area (Å²) in [6, 6.07) is 0. The highest BCUT2D eigenvalue weighted by atomic mass is 16.5. The minimum Gasteiger partial charge on any atom is -0.481 e. The fourth-order valence-corrected chi connectivity index (χ4v) is 2.20. The van der Waals surface area contributed by atoms with Crippen molar-refractivity contribution in [2.45, 2.75) is 44.6 Å². The van der Waals surface area contributed by atoms with Crippen LogP contribution in [0.4, 0.5) is 0 Å². The number of carbonyl (C=O) groups is 2. The second-order valence-electron chi connectivity index (χ2n) is 4.78. The predicted molar refractivity (Wildman–Crippen MR) is 68.7 cm³/mol. The zero-order valence-corrected chi connectivity index (χ0v) is 11.2. The van der Waals surface area contributed by atoms with E-state index in [1.54, 1.807) is 0 Å². The number of ether oxygens (including phenoxy) is 1. The van der Waals surface area contributed by atoms with E-state index >= 15 is 0 Å². The van der Waals surface area contributed by atoms with E-state index in [1.165, 1.54) is 0 Å². The van der Waals surface area contributed by atoms with Gasteiger partial charge in [-0.1, -0.05) is 0 Å². The van der Waals surface area contributed by atoms with Crippen LogP contribution >= 0.6 is 0 Å². The molecule has 19 heavy (non-hydrogen) atoms. The lowest BCUT2D eigenvalue weighted by Gasteiger charge is -2.32. The Morgan fingerprint density at radius 2 is 1.79 bits per heavy atom. The normalized spacial score (nSPS) is 16.6. The lowest BCUT2D eigenvalue weighted by molar-refractivity contribution is -0.138. The first-order valence-corrected chi connectivity index (χ1v) is 6.85. The Kier molecular flexibility index (Phi) is 7.43. The van der Waals surface area contributed by atoms with E-state index in [-0.39, 0.29) is 25.0 Å². The van der Waals surface area contributed by atoms with E-state index < -0.39 is 5.97 Å². The standard InChI is InChI=1S/C13H23NO5/c15-9-10-19-11-5-7-14(8-6-11)12(16)3-1-2-4-13(17)18/h11,15H,1-10H2,(H,17,18). The molecule has 110 valence electrons. The maximum atomic E-state index is 11.9. The van der Waals surface area contributed by atoms with Crippen LogP contribution in [0.15, 0.2) is 0 Å². The number of aliphatic hydroxyl groups excluding tert-OH is 1.